The predicted octanol–water partition coefficient (Wildman–Crippen LogP) is 3.01. The lowest BCUT2D eigenvalue weighted by atomic mass is 9.82. The maximum absolute atomic E-state index is 12.6. The highest BCUT2D eigenvalue weighted by atomic mass is 32.2. The first-order chi connectivity index (χ1) is 12.8. The van der Waals surface area contributed by atoms with Crippen LogP contribution in [-0.2, 0) is 16.0 Å². The molecule has 2 N–H and O–H groups in total. The van der Waals surface area contributed by atoms with E-state index in [1.54, 1.807) is 7.11 Å². The van der Waals surface area contributed by atoms with Crippen LogP contribution in [0, 0.1) is 5.92 Å². The van der Waals surface area contributed by atoms with Crippen LogP contribution in [0.5, 0.6) is 0 Å². The summed E-state index contributed by atoms with van der Waals surface area (Å²) in [4.78, 5) is 12.6. The van der Waals surface area contributed by atoms with Gasteiger partial charge in [0.2, 0.25) is 5.91 Å². The molecule has 1 saturated heterocycles. The Kier molecular flexibility index (Phi) is 7.84. The summed E-state index contributed by atoms with van der Waals surface area (Å²) in [5.41, 5.74) is 1.27. The summed E-state index contributed by atoms with van der Waals surface area (Å²) < 4.78 is 5.71. The molecule has 0 spiro atoms. The average molecular weight is 377 g/mol. The smallest absolute Gasteiger partial charge is 0.223 e. The molecule has 1 aliphatic heterocycles. The van der Waals surface area contributed by atoms with Crippen molar-refractivity contribution in [1.82, 2.24) is 10.6 Å². The van der Waals surface area contributed by atoms with Crippen LogP contribution < -0.4 is 10.6 Å². The van der Waals surface area contributed by atoms with Gasteiger partial charge in [-0.25, -0.2) is 0 Å². The van der Waals surface area contributed by atoms with Crippen molar-refractivity contribution >= 4 is 17.7 Å². The number of amides is 1. The SMILES string of the molecule is CO[C@@H]1CC[C@H](C(=O)NCCc2ccccc2)C[C@H]1NC1CCSCC1. The maximum atomic E-state index is 12.6. The Hall–Kier alpha value is -1.04. The van der Waals surface area contributed by atoms with Crippen molar-refractivity contribution in [3.05, 3.63) is 35.9 Å². The number of rotatable bonds is 7. The lowest BCUT2D eigenvalue weighted by molar-refractivity contribution is -0.127. The number of carbonyl (C=O) groups excluding carboxylic acids is 1. The Balaban J connectivity index is 1.46. The number of carbonyl (C=O) groups is 1. The molecule has 144 valence electrons. The number of hydrogen-bond acceptors (Lipinski definition) is 4. The molecule has 1 saturated carbocycles. The minimum atomic E-state index is 0.104. The summed E-state index contributed by atoms with van der Waals surface area (Å²) in [7, 11) is 1.80. The largest absolute Gasteiger partial charge is 0.380 e. The highest BCUT2D eigenvalue weighted by Gasteiger charge is 2.35. The van der Waals surface area contributed by atoms with E-state index in [1.165, 1.54) is 29.9 Å². The molecule has 1 aliphatic carbocycles. The molecule has 4 nitrogen and oxygen atoms in total. The summed E-state index contributed by atoms with van der Waals surface area (Å²) >= 11 is 2.04. The summed E-state index contributed by atoms with van der Waals surface area (Å²) in [6.45, 7) is 0.713. The summed E-state index contributed by atoms with van der Waals surface area (Å²) in [6.07, 6.45) is 6.36. The third-order valence-electron chi connectivity index (χ3n) is 5.69. The van der Waals surface area contributed by atoms with E-state index in [4.69, 9.17) is 4.74 Å². The summed E-state index contributed by atoms with van der Waals surface area (Å²) in [6, 6.07) is 11.2. The van der Waals surface area contributed by atoms with Crippen molar-refractivity contribution in [2.75, 3.05) is 25.2 Å². The first-order valence-electron chi connectivity index (χ1n) is 9.94. The van der Waals surface area contributed by atoms with Crippen molar-refractivity contribution < 1.29 is 9.53 Å². The van der Waals surface area contributed by atoms with Gasteiger partial charge in [0.05, 0.1) is 6.10 Å². The molecule has 0 bridgehead atoms. The van der Waals surface area contributed by atoms with Crippen molar-refractivity contribution in [3.8, 4) is 0 Å². The Morgan fingerprint density at radius 2 is 1.92 bits per heavy atom. The predicted molar refractivity (Wildman–Crippen MR) is 109 cm³/mol. The van der Waals surface area contributed by atoms with Crippen molar-refractivity contribution in [2.45, 2.75) is 56.7 Å². The van der Waals surface area contributed by atoms with Crippen LogP contribution >= 0.6 is 11.8 Å². The van der Waals surface area contributed by atoms with Crippen LogP contribution in [0.4, 0.5) is 0 Å². The van der Waals surface area contributed by atoms with E-state index >= 15 is 0 Å². The Labute approximate surface area is 161 Å². The van der Waals surface area contributed by atoms with E-state index in [2.05, 4.69) is 22.8 Å². The minimum Gasteiger partial charge on any atom is -0.380 e. The maximum Gasteiger partial charge on any atom is 0.223 e. The molecule has 2 fully saturated rings. The summed E-state index contributed by atoms with van der Waals surface area (Å²) in [5, 5.41) is 6.95. The lowest BCUT2D eigenvalue weighted by Crippen LogP contribution is -2.52. The fourth-order valence-electron chi connectivity index (χ4n) is 4.12. The average Bonchev–Trinajstić information content (AvgIpc) is 2.69. The van der Waals surface area contributed by atoms with Gasteiger partial charge in [0.1, 0.15) is 0 Å². The Morgan fingerprint density at radius 3 is 2.65 bits per heavy atom. The first-order valence-corrected chi connectivity index (χ1v) is 11.1. The van der Waals surface area contributed by atoms with Crippen molar-refractivity contribution in [3.63, 3.8) is 0 Å². The molecular weight excluding hydrogens is 344 g/mol. The van der Waals surface area contributed by atoms with Crippen LogP contribution in [0.1, 0.15) is 37.7 Å². The second-order valence-corrected chi connectivity index (χ2v) is 8.70. The minimum absolute atomic E-state index is 0.104. The zero-order valence-corrected chi connectivity index (χ0v) is 16.6. The van der Waals surface area contributed by atoms with Crippen LogP contribution in [0.2, 0.25) is 0 Å². The molecular formula is C21H32N2O2S. The number of hydrogen-bond donors (Lipinski definition) is 2. The zero-order chi connectivity index (χ0) is 18.2. The van der Waals surface area contributed by atoms with E-state index in [9.17, 15) is 4.79 Å². The van der Waals surface area contributed by atoms with Crippen LogP contribution in [0.25, 0.3) is 0 Å². The molecule has 1 aromatic carbocycles. The molecule has 1 aromatic rings. The molecule has 3 atom stereocenters. The van der Waals surface area contributed by atoms with Gasteiger partial charge < -0.3 is 15.4 Å². The molecule has 0 unspecified atom stereocenters. The van der Waals surface area contributed by atoms with Crippen LogP contribution in [0.3, 0.4) is 0 Å². The summed E-state index contributed by atoms with van der Waals surface area (Å²) in [5.74, 6) is 2.80. The standard InChI is InChI=1S/C21H32N2O2S/c1-25-20-8-7-17(15-19(20)23-18-10-13-26-14-11-18)21(24)22-12-9-16-5-3-2-4-6-16/h2-6,17-20,23H,7-15H2,1H3,(H,22,24)/t17-,19+,20+/m0/s1. The molecule has 1 amide bonds. The number of methoxy groups -OCH3 is 1. The molecule has 5 heteroatoms. The third-order valence-corrected chi connectivity index (χ3v) is 6.74. The van der Waals surface area contributed by atoms with Gasteiger partial charge in [-0.05, 0) is 55.6 Å². The number of ether oxygens (including phenoxy) is 1. The van der Waals surface area contributed by atoms with Gasteiger partial charge in [0.15, 0.2) is 0 Å². The molecule has 1 heterocycles. The van der Waals surface area contributed by atoms with E-state index in [0.717, 1.165) is 25.7 Å². The van der Waals surface area contributed by atoms with Gasteiger partial charge in [-0.15, -0.1) is 0 Å². The van der Waals surface area contributed by atoms with Gasteiger partial charge in [-0.1, -0.05) is 30.3 Å². The van der Waals surface area contributed by atoms with E-state index in [0.29, 0.717) is 18.6 Å². The Morgan fingerprint density at radius 1 is 1.15 bits per heavy atom. The van der Waals surface area contributed by atoms with Gasteiger partial charge in [0, 0.05) is 31.7 Å². The second-order valence-electron chi connectivity index (χ2n) is 7.47. The molecule has 0 radical (unpaired) electrons. The molecule has 2 aliphatic rings. The second kappa shape index (κ2) is 10.3. The highest BCUT2D eigenvalue weighted by molar-refractivity contribution is 7.99. The first kappa shape index (κ1) is 19.7. The fourth-order valence-corrected chi connectivity index (χ4v) is 5.23. The van der Waals surface area contributed by atoms with Crippen LogP contribution in [-0.4, -0.2) is 49.3 Å². The Bertz CT molecular complexity index is 548. The van der Waals surface area contributed by atoms with Gasteiger partial charge in [0.25, 0.3) is 0 Å². The monoisotopic (exact) mass is 376 g/mol. The van der Waals surface area contributed by atoms with Gasteiger partial charge in [-0.3, -0.25) is 4.79 Å². The van der Waals surface area contributed by atoms with Crippen molar-refractivity contribution in [1.29, 1.82) is 0 Å². The fraction of sp³-hybridized carbons (Fsp3) is 0.667. The normalized spacial score (nSPS) is 27.2. The number of nitrogens with one attached hydrogen (secondary N) is 2. The molecule has 0 aromatic heterocycles. The lowest BCUT2D eigenvalue weighted by Gasteiger charge is -2.38. The van der Waals surface area contributed by atoms with E-state index < -0.39 is 0 Å². The topological polar surface area (TPSA) is 50.4 Å². The number of benzene rings is 1. The van der Waals surface area contributed by atoms with Gasteiger partial charge in [-0.2, -0.15) is 11.8 Å². The van der Waals surface area contributed by atoms with Crippen molar-refractivity contribution in [2.24, 2.45) is 5.92 Å². The van der Waals surface area contributed by atoms with E-state index in [-0.39, 0.29) is 17.9 Å². The van der Waals surface area contributed by atoms with Crippen LogP contribution in [0.15, 0.2) is 30.3 Å². The number of thioether (sulfide) groups is 1. The molecule has 26 heavy (non-hydrogen) atoms. The quantitative estimate of drug-likeness (QED) is 0.768. The zero-order valence-electron chi connectivity index (χ0n) is 15.8. The highest BCUT2D eigenvalue weighted by Crippen LogP contribution is 2.28. The third kappa shape index (κ3) is 5.73. The van der Waals surface area contributed by atoms with Gasteiger partial charge >= 0.3 is 0 Å². The van der Waals surface area contributed by atoms with E-state index in [1.807, 2.05) is 30.0 Å². The molecule has 3 rings (SSSR count).